The minimum atomic E-state index is -3.97. The summed E-state index contributed by atoms with van der Waals surface area (Å²) in [5, 5.41) is 2.80. The zero-order chi connectivity index (χ0) is 21.6. The van der Waals surface area contributed by atoms with Gasteiger partial charge in [-0.25, -0.2) is 12.8 Å². The van der Waals surface area contributed by atoms with Crippen molar-refractivity contribution < 1.29 is 22.3 Å². The van der Waals surface area contributed by atoms with Gasteiger partial charge >= 0.3 is 0 Å². The zero-order valence-corrected chi connectivity index (χ0v) is 17.1. The van der Waals surface area contributed by atoms with Gasteiger partial charge in [0.05, 0.1) is 17.7 Å². The van der Waals surface area contributed by atoms with E-state index >= 15 is 0 Å². The van der Waals surface area contributed by atoms with Crippen LogP contribution in [0, 0.1) is 5.82 Å². The molecule has 0 aliphatic carbocycles. The SMILES string of the molecule is COc1ccc(CCNC(=O)c2ccc(S(=O)(=O)Nc3ccccc3F)cc2)cc1. The number of amides is 1. The Hall–Kier alpha value is -3.39. The molecule has 3 aromatic carbocycles. The average molecular weight is 428 g/mol. The van der Waals surface area contributed by atoms with Crippen LogP contribution in [0.2, 0.25) is 0 Å². The molecule has 0 saturated carbocycles. The van der Waals surface area contributed by atoms with Crippen LogP contribution < -0.4 is 14.8 Å². The maximum Gasteiger partial charge on any atom is 0.261 e. The summed E-state index contributed by atoms with van der Waals surface area (Å²) in [6.45, 7) is 0.431. The van der Waals surface area contributed by atoms with Gasteiger partial charge in [-0.05, 0) is 60.5 Å². The van der Waals surface area contributed by atoms with Gasteiger partial charge in [-0.2, -0.15) is 0 Å². The van der Waals surface area contributed by atoms with Crippen LogP contribution >= 0.6 is 0 Å². The number of halogens is 1. The number of carbonyl (C=O) groups excluding carboxylic acids is 1. The Morgan fingerprint density at radius 2 is 1.63 bits per heavy atom. The summed E-state index contributed by atoms with van der Waals surface area (Å²) >= 11 is 0. The highest BCUT2D eigenvalue weighted by atomic mass is 32.2. The van der Waals surface area contributed by atoms with Crippen molar-refractivity contribution in [3.05, 3.63) is 89.7 Å². The number of nitrogens with one attached hydrogen (secondary N) is 2. The summed E-state index contributed by atoms with van der Waals surface area (Å²) in [7, 11) is -2.37. The van der Waals surface area contributed by atoms with Crippen molar-refractivity contribution in [2.45, 2.75) is 11.3 Å². The predicted molar refractivity (Wildman–Crippen MR) is 113 cm³/mol. The van der Waals surface area contributed by atoms with Gasteiger partial charge in [0.15, 0.2) is 0 Å². The molecule has 0 saturated heterocycles. The predicted octanol–water partition coefficient (Wildman–Crippen LogP) is 3.61. The highest BCUT2D eigenvalue weighted by Crippen LogP contribution is 2.19. The molecule has 0 radical (unpaired) electrons. The topological polar surface area (TPSA) is 84.5 Å². The molecule has 3 rings (SSSR count). The molecule has 0 aliphatic heterocycles. The zero-order valence-electron chi connectivity index (χ0n) is 16.3. The number of hydrogen-bond acceptors (Lipinski definition) is 4. The van der Waals surface area contributed by atoms with Crippen LogP contribution in [0.1, 0.15) is 15.9 Å². The van der Waals surface area contributed by atoms with Crippen molar-refractivity contribution in [2.75, 3.05) is 18.4 Å². The highest BCUT2D eigenvalue weighted by Gasteiger charge is 2.17. The molecule has 0 unspecified atom stereocenters. The molecule has 8 heteroatoms. The number of carbonyl (C=O) groups is 1. The van der Waals surface area contributed by atoms with Crippen molar-refractivity contribution in [1.29, 1.82) is 0 Å². The molecule has 0 aliphatic rings. The lowest BCUT2D eigenvalue weighted by molar-refractivity contribution is 0.0954. The van der Waals surface area contributed by atoms with E-state index in [9.17, 15) is 17.6 Å². The molecule has 30 heavy (non-hydrogen) atoms. The van der Waals surface area contributed by atoms with E-state index < -0.39 is 15.8 Å². The summed E-state index contributed by atoms with van der Waals surface area (Å²) in [4.78, 5) is 12.2. The van der Waals surface area contributed by atoms with Crippen molar-refractivity contribution in [2.24, 2.45) is 0 Å². The van der Waals surface area contributed by atoms with E-state index in [-0.39, 0.29) is 16.5 Å². The maximum absolute atomic E-state index is 13.7. The number of hydrogen-bond donors (Lipinski definition) is 2. The van der Waals surface area contributed by atoms with E-state index in [1.165, 1.54) is 42.5 Å². The fourth-order valence-corrected chi connectivity index (χ4v) is 3.82. The number of para-hydroxylation sites is 1. The molecule has 1 amide bonds. The smallest absolute Gasteiger partial charge is 0.261 e. The van der Waals surface area contributed by atoms with Gasteiger partial charge < -0.3 is 10.1 Å². The summed E-state index contributed by atoms with van der Waals surface area (Å²) in [6.07, 6.45) is 0.648. The van der Waals surface area contributed by atoms with E-state index in [2.05, 4.69) is 10.0 Å². The first-order valence-electron chi connectivity index (χ1n) is 9.17. The number of benzene rings is 3. The van der Waals surface area contributed by atoms with Crippen molar-refractivity contribution >= 4 is 21.6 Å². The van der Waals surface area contributed by atoms with Crippen LogP contribution in [0.15, 0.2) is 77.7 Å². The largest absolute Gasteiger partial charge is 0.497 e. The number of sulfonamides is 1. The fourth-order valence-electron chi connectivity index (χ4n) is 2.75. The monoisotopic (exact) mass is 428 g/mol. The molecule has 0 atom stereocenters. The molecule has 3 aromatic rings. The molecule has 0 heterocycles. The van der Waals surface area contributed by atoms with Gasteiger partial charge in [0.1, 0.15) is 11.6 Å². The number of ether oxygens (including phenoxy) is 1. The highest BCUT2D eigenvalue weighted by molar-refractivity contribution is 7.92. The second kappa shape index (κ2) is 9.41. The quantitative estimate of drug-likeness (QED) is 0.574. The Kier molecular flexibility index (Phi) is 6.68. The molecule has 156 valence electrons. The van der Waals surface area contributed by atoms with E-state index in [1.807, 2.05) is 24.3 Å². The summed E-state index contributed by atoms with van der Waals surface area (Å²) in [5.41, 5.74) is 1.24. The minimum Gasteiger partial charge on any atom is -0.497 e. The third kappa shape index (κ3) is 5.36. The molecule has 0 fully saturated rings. The molecule has 2 N–H and O–H groups in total. The molecule has 6 nitrogen and oxygen atoms in total. The van der Waals surface area contributed by atoms with Crippen LogP contribution in [0.25, 0.3) is 0 Å². The van der Waals surface area contributed by atoms with Crippen molar-refractivity contribution in [3.63, 3.8) is 0 Å². The Morgan fingerprint density at radius 3 is 2.27 bits per heavy atom. The van der Waals surface area contributed by atoms with Crippen LogP contribution in [0.5, 0.6) is 5.75 Å². The molecule has 0 aromatic heterocycles. The Bertz CT molecular complexity index is 1110. The first-order valence-corrected chi connectivity index (χ1v) is 10.7. The first-order chi connectivity index (χ1) is 14.4. The minimum absolute atomic E-state index is 0.0689. The van der Waals surface area contributed by atoms with Gasteiger partial charge in [-0.15, -0.1) is 0 Å². The maximum atomic E-state index is 13.7. The van der Waals surface area contributed by atoms with E-state index in [0.717, 1.165) is 17.4 Å². The Balaban J connectivity index is 1.58. The number of rotatable bonds is 8. The van der Waals surface area contributed by atoms with E-state index in [4.69, 9.17) is 4.74 Å². The average Bonchev–Trinajstić information content (AvgIpc) is 2.76. The standard InChI is InChI=1S/C22H21FN2O4S/c1-29-18-10-6-16(7-11-18)14-15-24-22(26)17-8-12-19(13-9-17)30(27,28)25-21-5-3-2-4-20(21)23/h2-13,25H,14-15H2,1H3,(H,24,26). The summed E-state index contributed by atoms with van der Waals surface area (Å²) in [6, 6.07) is 18.5. The third-order valence-electron chi connectivity index (χ3n) is 4.40. The Morgan fingerprint density at radius 1 is 0.967 bits per heavy atom. The van der Waals surface area contributed by atoms with Gasteiger partial charge in [-0.1, -0.05) is 24.3 Å². The second-order valence-electron chi connectivity index (χ2n) is 6.46. The van der Waals surface area contributed by atoms with Crippen LogP contribution in [0.3, 0.4) is 0 Å². The van der Waals surface area contributed by atoms with Gasteiger partial charge in [-0.3, -0.25) is 9.52 Å². The Labute approximate surface area is 174 Å². The van der Waals surface area contributed by atoms with Crippen LogP contribution in [-0.2, 0) is 16.4 Å². The fraction of sp³-hybridized carbons (Fsp3) is 0.136. The van der Waals surface area contributed by atoms with Crippen molar-refractivity contribution in [1.82, 2.24) is 5.32 Å². The van der Waals surface area contributed by atoms with Gasteiger partial charge in [0.25, 0.3) is 15.9 Å². The van der Waals surface area contributed by atoms with E-state index in [1.54, 1.807) is 7.11 Å². The lowest BCUT2D eigenvalue weighted by atomic mass is 10.1. The second-order valence-corrected chi connectivity index (χ2v) is 8.15. The molecule has 0 bridgehead atoms. The number of methoxy groups -OCH3 is 1. The van der Waals surface area contributed by atoms with Crippen molar-refractivity contribution in [3.8, 4) is 5.75 Å². The molecular formula is C22H21FN2O4S. The van der Waals surface area contributed by atoms with Crippen LogP contribution in [-0.4, -0.2) is 28.0 Å². The van der Waals surface area contributed by atoms with Gasteiger partial charge in [0, 0.05) is 12.1 Å². The van der Waals surface area contributed by atoms with E-state index in [0.29, 0.717) is 18.5 Å². The lowest BCUT2D eigenvalue weighted by Gasteiger charge is -2.10. The third-order valence-corrected chi connectivity index (χ3v) is 5.78. The van der Waals surface area contributed by atoms with Crippen LogP contribution in [0.4, 0.5) is 10.1 Å². The van der Waals surface area contributed by atoms with Gasteiger partial charge in [0.2, 0.25) is 0 Å². The lowest BCUT2D eigenvalue weighted by Crippen LogP contribution is -2.25. The normalized spacial score (nSPS) is 11.0. The summed E-state index contributed by atoms with van der Waals surface area (Å²) in [5.74, 6) is -0.217. The molecular weight excluding hydrogens is 407 g/mol. The molecule has 0 spiro atoms. The summed E-state index contributed by atoms with van der Waals surface area (Å²) < 4.78 is 45.8. The first kappa shape index (κ1) is 21.3. The number of anilines is 1.